The monoisotopic (exact) mass is 448 g/mol. The number of halogens is 4. The van der Waals surface area contributed by atoms with Crippen molar-refractivity contribution < 1.29 is 27.8 Å². The van der Waals surface area contributed by atoms with Gasteiger partial charge in [0.15, 0.2) is 0 Å². The van der Waals surface area contributed by atoms with Crippen LogP contribution in [-0.2, 0) is 13.2 Å². The molecule has 2 heterocycles. The Morgan fingerprint density at radius 1 is 1.03 bits per heavy atom. The van der Waals surface area contributed by atoms with Crippen LogP contribution in [0.2, 0.25) is 5.02 Å². The summed E-state index contributed by atoms with van der Waals surface area (Å²) in [5.74, 6) is 0.164. The molecule has 4 aromatic rings. The van der Waals surface area contributed by atoms with Gasteiger partial charge in [-0.3, -0.25) is 4.98 Å². The van der Waals surface area contributed by atoms with Crippen LogP contribution < -0.4 is 9.47 Å². The van der Waals surface area contributed by atoms with E-state index in [1.807, 2.05) is 18.2 Å². The highest BCUT2D eigenvalue weighted by molar-refractivity contribution is 6.36. The van der Waals surface area contributed by atoms with E-state index in [1.54, 1.807) is 29.1 Å². The zero-order valence-corrected chi connectivity index (χ0v) is 16.7. The van der Waals surface area contributed by atoms with Gasteiger partial charge in [-0.25, -0.2) is 0 Å². The first-order valence-electron chi connectivity index (χ1n) is 9.17. The van der Waals surface area contributed by atoms with Crippen LogP contribution in [0.4, 0.5) is 13.2 Å². The Morgan fingerprint density at radius 2 is 1.81 bits per heavy atom. The summed E-state index contributed by atoms with van der Waals surface area (Å²) in [4.78, 5) is 4.20. The number of nitrogens with zero attached hydrogens (tertiary/aromatic N) is 2. The van der Waals surface area contributed by atoms with Crippen LogP contribution in [-0.4, -0.2) is 21.0 Å². The lowest BCUT2D eigenvalue weighted by Gasteiger charge is -2.10. The molecule has 4 rings (SSSR count). The molecule has 0 amide bonds. The molecular formula is C22H16ClF3N2O3. The fraction of sp³-hybridized carbons (Fsp3) is 0.136. The van der Waals surface area contributed by atoms with Crippen molar-refractivity contribution in [1.82, 2.24) is 9.55 Å². The molecule has 0 atom stereocenters. The normalized spacial score (nSPS) is 11.6. The molecule has 0 radical (unpaired) electrons. The van der Waals surface area contributed by atoms with Crippen LogP contribution in [0, 0.1) is 0 Å². The van der Waals surface area contributed by atoms with Gasteiger partial charge in [0.1, 0.15) is 18.1 Å². The maximum atomic E-state index is 12.3. The van der Waals surface area contributed by atoms with Crippen LogP contribution in [0.5, 0.6) is 17.4 Å². The average molecular weight is 449 g/mol. The zero-order chi connectivity index (χ0) is 22.0. The van der Waals surface area contributed by atoms with Gasteiger partial charge >= 0.3 is 6.36 Å². The molecule has 1 N–H and O–H groups in total. The van der Waals surface area contributed by atoms with Crippen molar-refractivity contribution in [3.05, 3.63) is 83.3 Å². The first-order valence-corrected chi connectivity index (χ1v) is 9.55. The lowest BCUT2D eigenvalue weighted by molar-refractivity contribution is -0.274. The summed E-state index contributed by atoms with van der Waals surface area (Å²) in [7, 11) is 0. The molecule has 0 aliphatic heterocycles. The van der Waals surface area contributed by atoms with Crippen molar-refractivity contribution in [3.8, 4) is 17.4 Å². The molecule has 0 spiro atoms. The summed E-state index contributed by atoms with van der Waals surface area (Å²) >= 11 is 6.36. The lowest BCUT2D eigenvalue weighted by Crippen LogP contribution is -2.17. The van der Waals surface area contributed by atoms with Crippen molar-refractivity contribution in [1.29, 1.82) is 0 Å². The van der Waals surface area contributed by atoms with Gasteiger partial charge in [-0.15, -0.1) is 13.2 Å². The Hall–Kier alpha value is -3.39. The Kier molecular flexibility index (Phi) is 5.65. The molecule has 160 valence electrons. The van der Waals surface area contributed by atoms with Gasteiger partial charge in [-0.1, -0.05) is 29.8 Å². The molecule has 0 saturated carbocycles. The predicted octanol–water partition coefficient (Wildman–Crippen LogP) is 5.92. The van der Waals surface area contributed by atoms with E-state index in [9.17, 15) is 18.3 Å². The largest absolute Gasteiger partial charge is 0.573 e. The second-order valence-electron chi connectivity index (χ2n) is 6.75. The SMILES string of the molecule is Oc1c2c(Cl)cc(OCc3ccccn3)cc2cn1Cc1ccc(OC(F)(F)F)cc1. The first kappa shape index (κ1) is 20.9. The minimum atomic E-state index is -4.75. The summed E-state index contributed by atoms with van der Waals surface area (Å²) in [6.45, 7) is 0.495. The van der Waals surface area contributed by atoms with Crippen molar-refractivity contribution in [2.24, 2.45) is 0 Å². The molecule has 0 bridgehead atoms. The molecule has 0 saturated heterocycles. The number of aromatic nitrogens is 2. The molecule has 0 fully saturated rings. The smallest absolute Gasteiger partial charge is 0.494 e. The number of benzene rings is 2. The Bertz CT molecular complexity index is 1190. The molecule has 2 aromatic carbocycles. The summed E-state index contributed by atoms with van der Waals surface area (Å²) in [5, 5.41) is 12.0. The van der Waals surface area contributed by atoms with Gasteiger partial charge in [0, 0.05) is 17.8 Å². The van der Waals surface area contributed by atoms with Crippen LogP contribution in [0.15, 0.2) is 67.0 Å². The van der Waals surface area contributed by atoms with Crippen molar-refractivity contribution in [2.75, 3.05) is 0 Å². The van der Waals surface area contributed by atoms with Crippen LogP contribution in [0.25, 0.3) is 10.8 Å². The van der Waals surface area contributed by atoms with E-state index in [-0.39, 0.29) is 24.8 Å². The number of ether oxygens (including phenoxy) is 2. The van der Waals surface area contributed by atoms with E-state index < -0.39 is 6.36 Å². The van der Waals surface area contributed by atoms with Gasteiger partial charge in [0.05, 0.1) is 22.6 Å². The number of hydrogen-bond acceptors (Lipinski definition) is 4. The third kappa shape index (κ3) is 5.03. The van der Waals surface area contributed by atoms with E-state index >= 15 is 0 Å². The summed E-state index contributed by atoms with van der Waals surface area (Å²) < 4.78 is 48.1. The third-order valence-corrected chi connectivity index (χ3v) is 4.81. The van der Waals surface area contributed by atoms with E-state index in [2.05, 4.69) is 9.72 Å². The molecular weight excluding hydrogens is 433 g/mol. The first-order chi connectivity index (χ1) is 14.8. The minimum absolute atomic E-state index is 0.0492. The Labute approximate surface area is 180 Å². The van der Waals surface area contributed by atoms with E-state index in [4.69, 9.17) is 16.3 Å². The number of hydrogen-bond donors (Lipinski definition) is 1. The average Bonchev–Trinajstić information content (AvgIpc) is 3.03. The second-order valence-corrected chi connectivity index (χ2v) is 7.16. The Morgan fingerprint density at radius 3 is 2.48 bits per heavy atom. The van der Waals surface area contributed by atoms with Crippen LogP contribution in [0.1, 0.15) is 11.3 Å². The summed E-state index contributed by atoms with van der Waals surface area (Å²) in [5.41, 5.74) is 1.44. The quantitative estimate of drug-likeness (QED) is 0.397. The van der Waals surface area contributed by atoms with Gasteiger partial charge in [-0.05, 0) is 42.0 Å². The fourth-order valence-electron chi connectivity index (χ4n) is 3.15. The molecule has 9 heteroatoms. The van der Waals surface area contributed by atoms with Crippen LogP contribution >= 0.6 is 11.6 Å². The molecule has 2 aromatic heterocycles. The highest BCUT2D eigenvalue weighted by Gasteiger charge is 2.30. The number of pyridine rings is 1. The topological polar surface area (TPSA) is 56.5 Å². The zero-order valence-electron chi connectivity index (χ0n) is 15.9. The van der Waals surface area contributed by atoms with E-state index in [0.717, 1.165) is 5.69 Å². The van der Waals surface area contributed by atoms with E-state index in [1.165, 1.54) is 24.3 Å². The molecule has 0 aliphatic carbocycles. The highest BCUT2D eigenvalue weighted by Crippen LogP contribution is 2.37. The van der Waals surface area contributed by atoms with Gasteiger partial charge in [0.2, 0.25) is 5.88 Å². The van der Waals surface area contributed by atoms with Crippen molar-refractivity contribution in [2.45, 2.75) is 19.5 Å². The lowest BCUT2D eigenvalue weighted by atomic mass is 10.2. The van der Waals surface area contributed by atoms with Crippen molar-refractivity contribution in [3.63, 3.8) is 0 Å². The maximum absolute atomic E-state index is 12.3. The van der Waals surface area contributed by atoms with Gasteiger partial charge in [-0.2, -0.15) is 0 Å². The third-order valence-electron chi connectivity index (χ3n) is 4.51. The number of aromatic hydroxyl groups is 1. The molecule has 0 unspecified atom stereocenters. The summed E-state index contributed by atoms with van der Waals surface area (Å²) in [6, 6.07) is 14.3. The van der Waals surface area contributed by atoms with Crippen LogP contribution in [0.3, 0.4) is 0 Å². The van der Waals surface area contributed by atoms with Gasteiger partial charge in [0.25, 0.3) is 0 Å². The number of fused-ring (bicyclic) bond motifs is 1. The molecule has 0 aliphatic rings. The second kappa shape index (κ2) is 8.39. The van der Waals surface area contributed by atoms with Gasteiger partial charge < -0.3 is 19.1 Å². The molecule has 5 nitrogen and oxygen atoms in total. The standard InChI is InChI=1S/C22H16ClF3N2O3/c23-19-10-18(30-13-16-3-1-2-8-27-16)9-15-12-28(21(29)20(15)19)11-14-4-6-17(7-5-14)31-22(24,25)26/h1-10,12,29H,11,13H2. The number of alkyl halides is 3. The van der Waals surface area contributed by atoms with E-state index in [0.29, 0.717) is 27.1 Å². The molecule has 31 heavy (non-hydrogen) atoms. The van der Waals surface area contributed by atoms with Crippen molar-refractivity contribution >= 4 is 22.4 Å². The Balaban J connectivity index is 1.53. The number of rotatable bonds is 6. The maximum Gasteiger partial charge on any atom is 0.573 e. The minimum Gasteiger partial charge on any atom is -0.494 e. The fourth-order valence-corrected chi connectivity index (χ4v) is 3.45. The summed E-state index contributed by atoms with van der Waals surface area (Å²) in [6.07, 6.45) is -1.37. The predicted molar refractivity (Wildman–Crippen MR) is 109 cm³/mol. The highest BCUT2D eigenvalue weighted by atomic mass is 35.5.